The van der Waals surface area contributed by atoms with Crippen LogP contribution >= 0.6 is 0 Å². The molecule has 0 fully saturated rings. The summed E-state index contributed by atoms with van der Waals surface area (Å²) in [5.74, 6) is -0.0637. The molecule has 5 heteroatoms. The normalized spacial score (nSPS) is 10.8. The summed E-state index contributed by atoms with van der Waals surface area (Å²) in [6.45, 7) is 0. The molecule has 0 aliphatic heterocycles. The summed E-state index contributed by atoms with van der Waals surface area (Å²) in [6, 6.07) is 27.8. The SMILES string of the molecule is O=C(CC(c1ccccc1)c1ccccc1)Nc1ccccc1-n1ccnn1. The Balaban J connectivity index is 1.58. The molecule has 1 amide bonds. The highest BCUT2D eigenvalue weighted by atomic mass is 16.1. The van der Waals surface area contributed by atoms with E-state index in [-0.39, 0.29) is 11.8 Å². The number of hydrogen-bond acceptors (Lipinski definition) is 3. The van der Waals surface area contributed by atoms with Crippen LogP contribution in [0.25, 0.3) is 5.69 Å². The van der Waals surface area contributed by atoms with E-state index in [9.17, 15) is 4.79 Å². The van der Waals surface area contributed by atoms with Crippen LogP contribution in [0.5, 0.6) is 0 Å². The summed E-state index contributed by atoms with van der Waals surface area (Å²) < 4.78 is 1.64. The lowest BCUT2D eigenvalue weighted by Gasteiger charge is -2.18. The molecule has 0 aliphatic rings. The summed E-state index contributed by atoms with van der Waals surface area (Å²) in [4.78, 5) is 12.9. The maximum atomic E-state index is 12.9. The summed E-state index contributed by atoms with van der Waals surface area (Å²) in [5, 5.41) is 10.9. The van der Waals surface area contributed by atoms with E-state index in [0.717, 1.165) is 16.8 Å². The predicted molar refractivity (Wildman–Crippen MR) is 109 cm³/mol. The van der Waals surface area contributed by atoms with Crippen LogP contribution in [0.3, 0.4) is 0 Å². The largest absolute Gasteiger partial charge is 0.324 e. The molecular formula is C23H20N4O. The van der Waals surface area contributed by atoms with Crippen molar-refractivity contribution in [3.8, 4) is 5.69 Å². The lowest BCUT2D eigenvalue weighted by atomic mass is 9.88. The molecule has 0 saturated carbocycles. The number of hydrogen-bond donors (Lipinski definition) is 1. The number of nitrogens with zero attached hydrogens (tertiary/aromatic N) is 3. The van der Waals surface area contributed by atoms with Crippen LogP contribution < -0.4 is 5.32 Å². The molecule has 138 valence electrons. The first-order valence-corrected chi connectivity index (χ1v) is 9.17. The minimum absolute atomic E-state index is 0.0130. The van der Waals surface area contributed by atoms with E-state index in [4.69, 9.17) is 0 Å². The molecule has 4 rings (SSSR count). The summed E-state index contributed by atoms with van der Waals surface area (Å²) in [6.07, 6.45) is 3.71. The van der Waals surface area contributed by atoms with Crippen LogP contribution in [-0.2, 0) is 4.79 Å². The maximum Gasteiger partial charge on any atom is 0.225 e. The minimum Gasteiger partial charge on any atom is -0.324 e. The average molecular weight is 368 g/mol. The van der Waals surface area contributed by atoms with E-state index in [1.165, 1.54) is 0 Å². The highest BCUT2D eigenvalue weighted by molar-refractivity contribution is 5.93. The zero-order valence-corrected chi connectivity index (χ0v) is 15.3. The van der Waals surface area contributed by atoms with Crippen LogP contribution in [0.4, 0.5) is 5.69 Å². The molecule has 0 unspecified atom stereocenters. The number of aromatic nitrogens is 3. The van der Waals surface area contributed by atoms with E-state index >= 15 is 0 Å². The number of nitrogens with one attached hydrogen (secondary N) is 1. The molecule has 4 aromatic rings. The zero-order valence-electron chi connectivity index (χ0n) is 15.3. The van der Waals surface area contributed by atoms with Gasteiger partial charge in [-0.05, 0) is 23.3 Å². The summed E-state index contributed by atoms with van der Waals surface area (Å²) in [5.41, 5.74) is 3.73. The summed E-state index contributed by atoms with van der Waals surface area (Å²) >= 11 is 0. The monoisotopic (exact) mass is 368 g/mol. The van der Waals surface area contributed by atoms with Crippen molar-refractivity contribution in [2.24, 2.45) is 0 Å². The molecule has 0 radical (unpaired) electrons. The average Bonchev–Trinajstić information content (AvgIpc) is 3.28. The molecule has 0 atom stereocenters. The van der Waals surface area contributed by atoms with Crippen LogP contribution in [0.1, 0.15) is 23.5 Å². The van der Waals surface area contributed by atoms with Crippen LogP contribution in [0.15, 0.2) is 97.3 Å². The van der Waals surface area contributed by atoms with E-state index in [2.05, 4.69) is 39.9 Å². The lowest BCUT2D eigenvalue weighted by molar-refractivity contribution is -0.116. The van der Waals surface area contributed by atoms with Gasteiger partial charge < -0.3 is 5.32 Å². The molecule has 1 N–H and O–H groups in total. The smallest absolute Gasteiger partial charge is 0.225 e. The third-order valence-electron chi connectivity index (χ3n) is 4.64. The van der Waals surface area contributed by atoms with Gasteiger partial charge in [0, 0.05) is 12.3 Å². The standard InChI is InChI=1S/C23H20N4O/c28-23(25-21-13-7-8-14-22(21)27-16-15-24-26-27)17-20(18-9-3-1-4-10-18)19-11-5-2-6-12-19/h1-16,20H,17H2,(H,25,28). The third-order valence-corrected chi connectivity index (χ3v) is 4.64. The van der Waals surface area contributed by atoms with Crippen molar-refractivity contribution in [3.05, 3.63) is 108 Å². The highest BCUT2D eigenvalue weighted by Crippen LogP contribution is 2.29. The van der Waals surface area contributed by atoms with E-state index in [1.54, 1.807) is 17.1 Å². The number of amides is 1. The van der Waals surface area contributed by atoms with Crippen LogP contribution in [0.2, 0.25) is 0 Å². The van der Waals surface area contributed by atoms with Crippen LogP contribution in [0, 0.1) is 0 Å². The molecule has 1 aromatic heterocycles. The van der Waals surface area contributed by atoms with E-state index in [0.29, 0.717) is 12.1 Å². The van der Waals surface area contributed by atoms with Gasteiger partial charge in [0.05, 0.1) is 23.8 Å². The Bertz CT molecular complexity index is 991. The number of carbonyl (C=O) groups is 1. The van der Waals surface area contributed by atoms with Crippen molar-refractivity contribution in [1.29, 1.82) is 0 Å². The second-order valence-electron chi connectivity index (χ2n) is 6.49. The first-order chi connectivity index (χ1) is 13.8. The zero-order chi connectivity index (χ0) is 19.2. The minimum atomic E-state index is -0.0507. The van der Waals surface area contributed by atoms with Gasteiger partial charge in [-0.15, -0.1) is 5.10 Å². The van der Waals surface area contributed by atoms with Gasteiger partial charge in [0.25, 0.3) is 0 Å². The molecule has 0 saturated heterocycles. The Kier molecular flexibility index (Phi) is 5.24. The van der Waals surface area contributed by atoms with Gasteiger partial charge in [-0.3, -0.25) is 4.79 Å². The topological polar surface area (TPSA) is 59.8 Å². The van der Waals surface area contributed by atoms with Crippen LogP contribution in [-0.4, -0.2) is 20.9 Å². The van der Waals surface area contributed by atoms with Crippen molar-refractivity contribution >= 4 is 11.6 Å². The predicted octanol–water partition coefficient (Wildman–Crippen LogP) is 4.43. The molecule has 3 aromatic carbocycles. The Hall–Kier alpha value is -3.73. The van der Waals surface area contributed by atoms with Crippen molar-refractivity contribution in [1.82, 2.24) is 15.0 Å². The van der Waals surface area contributed by atoms with Gasteiger partial charge >= 0.3 is 0 Å². The number of rotatable bonds is 6. The molecule has 1 heterocycles. The third kappa shape index (κ3) is 3.99. The first-order valence-electron chi connectivity index (χ1n) is 9.17. The molecule has 0 spiro atoms. The molecule has 0 aliphatic carbocycles. The van der Waals surface area contributed by atoms with Gasteiger partial charge in [0.15, 0.2) is 0 Å². The second kappa shape index (κ2) is 8.31. The lowest BCUT2D eigenvalue weighted by Crippen LogP contribution is -2.17. The second-order valence-corrected chi connectivity index (χ2v) is 6.49. The fraction of sp³-hybridized carbons (Fsp3) is 0.0870. The Labute approximate surface area is 163 Å². The van der Waals surface area contributed by atoms with Gasteiger partial charge in [-0.1, -0.05) is 78.0 Å². The van der Waals surface area contributed by atoms with E-state index < -0.39 is 0 Å². The number of benzene rings is 3. The van der Waals surface area contributed by atoms with Gasteiger partial charge in [0.2, 0.25) is 5.91 Å². The quantitative estimate of drug-likeness (QED) is 0.548. The van der Waals surface area contributed by atoms with E-state index in [1.807, 2.05) is 60.7 Å². The molecule has 28 heavy (non-hydrogen) atoms. The molecule has 5 nitrogen and oxygen atoms in total. The van der Waals surface area contributed by atoms with Crippen molar-refractivity contribution in [2.45, 2.75) is 12.3 Å². The Morgan fingerprint density at radius 1 is 0.857 bits per heavy atom. The fourth-order valence-electron chi connectivity index (χ4n) is 3.30. The Morgan fingerprint density at radius 2 is 1.46 bits per heavy atom. The fourth-order valence-corrected chi connectivity index (χ4v) is 3.30. The first kappa shape index (κ1) is 17.7. The van der Waals surface area contributed by atoms with Gasteiger partial charge in [-0.25, -0.2) is 4.68 Å². The van der Waals surface area contributed by atoms with Crippen molar-refractivity contribution < 1.29 is 4.79 Å². The summed E-state index contributed by atoms with van der Waals surface area (Å²) in [7, 11) is 0. The number of para-hydroxylation sites is 2. The maximum absolute atomic E-state index is 12.9. The van der Waals surface area contributed by atoms with Gasteiger partial charge in [0.1, 0.15) is 0 Å². The van der Waals surface area contributed by atoms with Gasteiger partial charge in [-0.2, -0.15) is 0 Å². The highest BCUT2D eigenvalue weighted by Gasteiger charge is 2.19. The molecular weight excluding hydrogens is 348 g/mol. The molecule has 0 bridgehead atoms. The van der Waals surface area contributed by atoms with Crippen molar-refractivity contribution in [3.63, 3.8) is 0 Å². The number of anilines is 1. The van der Waals surface area contributed by atoms with Crippen molar-refractivity contribution in [2.75, 3.05) is 5.32 Å². The number of carbonyl (C=O) groups excluding carboxylic acids is 1. The Morgan fingerprint density at radius 3 is 2.07 bits per heavy atom.